The second-order valence-electron chi connectivity index (χ2n) is 7.93. The van der Waals surface area contributed by atoms with Crippen LogP contribution in [0.5, 0.6) is 5.75 Å². The van der Waals surface area contributed by atoms with E-state index in [1.165, 1.54) is 36.8 Å². The van der Waals surface area contributed by atoms with Gasteiger partial charge in [0.15, 0.2) is 0 Å². The van der Waals surface area contributed by atoms with Crippen LogP contribution in [-0.4, -0.2) is 79.6 Å². The molecule has 2 rings (SSSR count). The predicted molar refractivity (Wildman–Crippen MR) is 123 cm³/mol. The number of carbonyl (C=O) groups is 5. The number of carboxylic acid groups (broad SMARTS) is 2. The van der Waals surface area contributed by atoms with Crippen molar-refractivity contribution in [3.05, 3.63) is 48.0 Å². The van der Waals surface area contributed by atoms with Crippen LogP contribution in [0.4, 0.5) is 0 Å². The average molecular weight is 505 g/mol. The number of aromatic nitrogens is 2. The second kappa shape index (κ2) is 13.4. The van der Waals surface area contributed by atoms with Crippen LogP contribution in [0.3, 0.4) is 0 Å². The lowest BCUT2D eigenvalue weighted by Crippen LogP contribution is -2.54. The van der Waals surface area contributed by atoms with E-state index >= 15 is 0 Å². The molecule has 2 aromatic rings. The van der Waals surface area contributed by atoms with E-state index in [2.05, 4.69) is 25.9 Å². The third kappa shape index (κ3) is 9.42. The zero-order chi connectivity index (χ0) is 26.7. The molecule has 36 heavy (non-hydrogen) atoms. The topological polar surface area (TPSA) is 237 Å². The van der Waals surface area contributed by atoms with Crippen LogP contribution in [0.1, 0.15) is 24.1 Å². The number of rotatable bonds is 14. The third-order valence-corrected chi connectivity index (χ3v) is 5.04. The first-order valence-corrected chi connectivity index (χ1v) is 10.9. The standard InChI is InChI=1S/C22H28N6O8/c23-15(8-13-9-24-11-26-13)20(33)25-10-18(30)27-17(7-12-1-3-14(29)4-2-12)21(34)28-16(22(35)36)5-6-19(31)32/h1-4,9,11,15-17,29H,5-8,10,23H2,(H,24,26)(H,25,33)(H,27,30)(H,28,34)(H,31,32)(H,35,36). The maximum absolute atomic E-state index is 12.8. The number of hydrogen-bond acceptors (Lipinski definition) is 8. The number of nitrogens with zero attached hydrogens (tertiary/aromatic N) is 1. The van der Waals surface area contributed by atoms with Gasteiger partial charge in [0.2, 0.25) is 17.7 Å². The smallest absolute Gasteiger partial charge is 0.326 e. The Bertz CT molecular complexity index is 1060. The minimum absolute atomic E-state index is 0.0161. The summed E-state index contributed by atoms with van der Waals surface area (Å²) in [5.41, 5.74) is 6.98. The molecule has 0 aliphatic carbocycles. The van der Waals surface area contributed by atoms with Crippen molar-refractivity contribution in [3.8, 4) is 5.75 Å². The lowest BCUT2D eigenvalue weighted by atomic mass is 10.0. The maximum Gasteiger partial charge on any atom is 0.326 e. The first-order valence-electron chi connectivity index (χ1n) is 10.9. The number of amides is 3. The van der Waals surface area contributed by atoms with Crippen molar-refractivity contribution in [1.82, 2.24) is 25.9 Å². The fourth-order valence-electron chi connectivity index (χ4n) is 3.14. The van der Waals surface area contributed by atoms with Crippen LogP contribution in [0.2, 0.25) is 0 Å². The van der Waals surface area contributed by atoms with Crippen molar-refractivity contribution in [1.29, 1.82) is 0 Å². The molecular formula is C22H28N6O8. The molecule has 3 atom stereocenters. The number of nitrogens with two attached hydrogens (primary N) is 1. The molecular weight excluding hydrogens is 476 g/mol. The van der Waals surface area contributed by atoms with Gasteiger partial charge in [-0.25, -0.2) is 9.78 Å². The molecule has 0 saturated carbocycles. The Labute approximate surface area is 205 Å². The Hall–Kier alpha value is -4.46. The molecule has 0 aliphatic heterocycles. The minimum atomic E-state index is -1.49. The van der Waals surface area contributed by atoms with Gasteiger partial charge in [0.25, 0.3) is 0 Å². The number of aromatic hydroxyl groups is 1. The highest BCUT2D eigenvalue weighted by Crippen LogP contribution is 2.12. The molecule has 0 radical (unpaired) electrons. The predicted octanol–water partition coefficient (Wildman–Crippen LogP) is -1.74. The molecule has 0 saturated heterocycles. The van der Waals surface area contributed by atoms with Crippen molar-refractivity contribution in [3.63, 3.8) is 0 Å². The Morgan fingerprint density at radius 1 is 0.972 bits per heavy atom. The summed E-state index contributed by atoms with van der Waals surface area (Å²) in [6, 6.07) is 2.06. The number of aromatic amines is 1. The van der Waals surface area contributed by atoms with Gasteiger partial charge in [-0.2, -0.15) is 0 Å². The fourth-order valence-corrected chi connectivity index (χ4v) is 3.14. The van der Waals surface area contributed by atoms with E-state index in [1.807, 2.05) is 0 Å². The quantitative estimate of drug-likeness (QED) is 0.144. The van der Waals surface area contributed by atoms with E-state index in [9.17, 15) is 34.2 Å². The van der Waals surface area contributed by atoms with Crippen LogP contribution in [0.25, 0.3) is 0 Å². The van der Waals surface area contributed by atoms with Crippen LogP contribution in [0, 0.1) is 0 Å². The first kappa shape index (κ1) is 27.8. The molecule has 0 spiro atoms. The number of benzene rings is 1. The summed E-state index contributed by atoms with van der Waals surface area (Å²) in [6.45, 7) is -0.504. The number of H-pyrrole nitrogens is 1. The Kier molecular flexibility index (Phi) is 10.4. The number of phenolic OH excluding ortho intramolecular Hbond substituents is 1. The summed E-state index contributed by atoms with van der Waals surface area (Å²) in [5.74, 6) is -4.90. The van der Waals surface area contributed by atoms with Crippen LogP contribution < -0.4 is 21.7 Å². The third-order valence-electron chi connectivity index (χ3n) is 5.04. The molecule has 14 heteroatoms. The molecule has 194 valence electrons. The van der Waals surface area contributed by atoms with Crippen molar-refractivity contribution in [2.24, 2.45) is 5.73 Å². The van der Waals surface area contributed by atoms with Gasteiger partial charge in [0.1, 0.15) is 17.8 Å². The molecule has 0 fully saturated rings. The highest BCUT2D eigenvalue weighted by Gasteiger charge is 2.27. The zero-order valence-corrected chi connectivity index (χ0v) is 19.1. The highest BCUT2D eigenvalue weighted by molar-refractivity contribution is 5.92. The van der Waals surface area contributed by atoms with Gasteiger partial charge >= 0.3 is 11.9 Å². The zero-order valence-electron chi connectivity index (χ0n) is 19.1. The van der Waals surface area contributed by atoms with Gasteiger partial charge in [-0.05, 0) is 24.1 Å². The fraction of sp³-hybridized carbons (Fsp3) is 0.364. The van der Waals surface area contributed by atoms with E-state index in [1.54, 1.807) is 0 Å². The van der Waals surface area contributed by atoms with Crippen molar-refractivity contribution in [2.45, 2.75) is 43.8 Å². The summed E-state index contributed by atoms with van der Waals surface area (Å²) in [5, 5.41) is 34.6. The minimum Gasteiger partial charge on any atom is -0.508 e. The van der Waals surface area contributed by atoms with Gasteiger partial charge in [-0.1, -0.05) is 12.1 Å². The number of aliphatic carboxylic acids is 2. The average Bonchev–Trinajstić information content (AvgIpc) is 3.33. The number of phenols is 1. The number of carboxylic acids is 2. The molecule has 3 unspecified atom stereocenters. The summed E-state index contributed by atoms with van der Waals surface area (Å²) in [7, 11) is 0. The molecule has 9 N–H and O–H groups in total. The van der Waals surface area contributed by atoms with Gasteiger partial charge in [-0.15, -0.1) is 0 Å². The molecule has 3 amide bonds. The van der Waals surface area contributed by atoms with E-state index in [0.717, 1.165) is 0 Å². The van der Waals surface area contributed by atoms with E-state index in [0.29, 0.717) is 11.3 Å². The highest BCUT2D eigenvalue weighted by atomic mass is 16.4. The van der Waals surface area contributed by atoms with Gasteiger partial charge in [0.05, 0.1) is 18.9 Å². The van der Waals surface area contributed by atoms with Gasteiger partial charge in [-0.3, -0.25) is 19.2 Å². The number of hydrogen-bond donors (Lipinski definition) is 8. The Morgan fingerprint density at radius 2 is 1.67 bits per heavy atom. The van der Waals surface area contributed by atoms with Gasteiger partial charge < -0.3 is 42.0 Å². The van der Waals surface area contributed by atoms with E-state index < -0.39 is 60.8 Å². The summed E-state index contributed by atoms with van der Waals surface area (Å²) >= 11 is 0. The monoisotopic (exact) mass is 504 g/mol. The molecule has 1 aromatic carbocycles. The maximum atomic E-state index is 12.8. The molecule has 14 nitrogen and oxygen atoms in total. The van der Waals surface area contributed by atoms with Crippen LogP contribution in [0.15, 0.2) is 36.8 Å². The number of imidazole rings is 1. The second-order valence-corrected chi connectivity index (χ2v) is 7.93. The van der Waals surface area contributed by atoms with E-state index in [4.69, 9.17) is 10.8 Å². The van der Waals surface area contributed by atoms with Gasteiger partial charge in [0, 0.05) is 31.2 Å². The normalized spacial score (nSPS) is 13.1. The summed E-state index contributed by atoms with van der Waals surface area (Å²) in [4.78, 5) is 66.4. The lowest BCUT2D eigenvalue weighted by molar-refractivity contribution is -0.143. The molecule has 1 aromatic heterocycles. The Balaban J connectivity index is 2.02. The summed E-state index contributed by atoms with van der Waals surface area (Å²) < 4.78 is 0. The van der Waals surface area contributed by atoms with Crippen molar-refractivity contribution < 1.29 is 39.3 Å². The van der Waals surface area contributed by atoms with Crippen LogP contribution >= 0.6 is 0 Å². The first-order chi connectivity index (χ1) is 17.0. The SMILES string of the molecule is NC(Cc1cnc[nH]1)C(=O)NCC(=O)NC(Cc1ccc(O)cc1)C(=O)NC(CCC(=O)O)C(=O)O. The van der Waals surface area contributed by atoms with Crippen molar-refractivity contribution in [2.75, 3.05) is 6.54 Å². The summed E-state index contributed by atoms with van der Waals surface area (Å²) in [6.07, 6.45) is 2.18. The Morgan fingerprint density at radius 3 is 2.25 bits per heavy atom. The van der Waals surface area contributed by atoms with Crippen LogP contribution in [-0.2, 0) is 36.8 Å². The molecule has 1 heterocycles. The molecule has 0 aliphatic rings. The van der Waals surface area contributed by atoms with Crippen molar-refractivity contribution >= 4 is 29.7 Å². The number of carbonyl (C=O) groups excluding carboxylic acids is 3. The lowest BCUT2D eigenvalue weighted by Gasteiger charge is -2.22. The number of nitrogens with one attached hydrogen (secondary N) is 4. The molecule has 0 bridgehead atoms. The van der Waals surface area contributed by atoms with E-state index in [-0.39, 0.29) is 25.0 Å². The largest absolute Gasteiger partial charge is 0.508 e.